The van der Waals surface area contributed by atoms with E-state index in [0.717, 1.165) is 5.56 Å². The van der Waals surface area contributed by atoms with Crippen LogP contribution >= 0.6 is 0 Å². The predicted octanol–water partition coefficient (Wildman–Crippen LogP) is 2.97. The molecular weight excluding hydrogens is 220 g/mol. The van der Waals surface area contributed by atoms with E-state index in [1.54, 1.807) is 14.2 Å². The van der Waals surface area contributed by atoms with Gasteiger partial charge in [0.25, 0.3) is 0 Å². The largest absolute Gasteiger partial charge is 0.490 e. The number of methoxy groups -OCH3 is 3. The Labute approximate surface area is 99.7 Å². The first kappa shape index (κ1) is 11.4. The summed E-state index contributed by atoms with van der Waals surface area (Å²) in [5.41, 5.74) is 0.908. The summed E-state index contributed by atoms with van der Waals surface area (Å²) in [4.78, 5) is 0. The van der Waals surface area contributed by atoms with Gasteiger partial charge in [-0.05, 0) is 0 Å². The molecule has 0 saturated heterocycles. The highest BCUT2D eigenvalue weighted by molar-refractivity contribution is 5.71. The lowest BCUT2D eigenvalue weighted by molar-refractivity contribution is 0.280. The highest BCUT2D eigenvalue weighted by Gasteiger charge is 2.23. The summed E-state index contributed by atoms with van der Waals surface area (Å²) in [6.07, 6.45) is 0. The van der Waals surface area contributed by atoms with Gasteiger partial charge in [0, 0.05) is 5.56 Å². The fraction of sp³-hybridized carbons (Fsp3) is 0.231. The molecule has 0 N–H and O–H groups in total. The Bertz CT molecular complexity index is 488. The van der Waals surface area contributed by atoms with Gasteiger partial charge >= 0.3 is 5.95 Å². The van der Waals surface area contributed by atoms with Crippen molar-refractivity contribution in [1.29, 1.82) is 0 Å². The third-order valence-electron chi connectivity index (χ3n) is 2.42. The number of hydrogen-bond donors (Lipinski definition) is 0. The van der Waals surface area contributed by atoms with E-state index in [1.165, 1.54) is 7.11 Å². The van der Waals surface area contributed by atoms with Crippen LogP contribution in [0.2, 0.25) is 0 Å². The predicted molar refractivity (Wildman–Crippen MR) is 63.8 cm³/mol. The lowest BCUT2D eigenvalue weighted by atomic mass is 10.1. The van der Waals surface area contributed by atoms with Gasteiger partial charge in [-0.25, -0.2) is 0 Å². The van der Waals surface area contributed by atoms with Crippen molar-refractivity contribution >= 4 is 0 Å². The van der Waals surface area contributed by atoms with Crippen LogP contribution in [-0.4, -0.2) is 21.3 Å². The molecule has 1 aromatic carbocycles. The standard InChI is InChI=1S/C13H14O4/c1-14-11-10(9-7-5-4-6-8-9)17-13(16-3)12(11)15-2/h4-8H,1-3H3. The Balaban J connectivity index is 2.58. The van der Waals surface area contributed by atoms with Gasteiger partial charge in [0.05, 0.1) is 21.3 Å². The first-order chi connectivity index (χ1) is 8.31. The fourth-order valence-electron chi connectivity index (χ4n) is 1.66. The van der Waals surface area contributed by atoms with Gasteiger partial charge in [0.15, 0.2) is 5.76 Å². The summed E-state index contributed by atoms with van der Waals surface area (Å²) >= 11 is 0. The molecule has 0 saturated carbocycles. The van der Waals surface area contributed by atoms with E-state index in [0.29, 0.717) is 23.2 Å². The zero-order valence-electron chi connectivity index (χ0n) is 10.0. The van der Waals surface area contributed by atoms with Crippen LogP contribution in [0.5, 0.6) is 17.4 Å². The van der Waals surface area contributed by atoms with Crippen molar-refractivity contribution in [1.82, 2.24) is 0 Å². The lowest BCUT2D eigenvalue weighted by Gasteiger charge is -2.02. The minimum absolute atomic E-state index is 0.309. The van der Waals surface area contributed by atoms with Crippen molar-refractivity contribution in [2.75, 3.05) is 21.3 Å². The van der Waals surface area contributed by atoms with Gasteiger partial charge < -0.3 is 18.6 Å². The molecule has 0 atom stereocenters. The number of hydrogen-bond acceptors (Lipinski definition) is 4. The molecule has 0 unspecified atom stereocenters. The van der Waals surface area contributed by atoms with E-state index >= 15 is 0 Å². The molecule has 0 spiro atoms. The summed E-state index contributed by atoms with van der Waals surface area (Å²) in [6, 6.07) is 9.65. The molecule has 0 bridgehead atoms. The van der Waals surface area contributed by atoms with E-state index in [2.05, 4.69) is 0 Å². The number of benzene rings is 1. The van der Waals surface area contributed by atoms with Crippen molar-refractivity contribution < 1.29 is 18.6 Å². The molecule has 0 radical (unpaired) electrons. The minimum Gasteiger partial charge on any atom is -0.490 e. The maximum Gasteiger partial charge on any atom is 0.333 e. The SMILES string of the molecule is COc1oc(-c2ccccc2)c(OC)c1OC. The maximum absolute atomic E-state index is 5.59. The third-order valence-corrected chi connectivity index (χ3v) is 2.42. The molecule has 1 aromatic heterocycles. The van der Waals surface area contributed by atoms with Crippen molar-refractivity contribution in [2.24, 2.45) is 0 Å². The summed E-state index contributed by atoms with van der Waals surface area (Å²) in [5, 5.41) is 0. The second kappa shape index (κ2) is 4.82. The Hall–Kier alpha value is -2.10. The van der Waals surface area contributed by atoms with Crippen molar-refractivity contribution in [3.8, 4) is 28.8 Å². The molecule has 1 heterocycles. The molecule has 0 fully saturated rings. The van der Waals surface area contributed by atoms with Gasteiger partial charge in [0.2, 0.25) is 11.5 Å². The van der Waals surface area contributed by atoms with Crippen molar-refractivity contribution in [3.05, 3.63) is 30.3 Å². The summed E-state index contributed by atoms with van der Waals surface area (Å²) in [7, 11) is 4.64. The Morgan fingerprint density at radius 3 is 2.00 bits per heavy atom. The second-order valence-electron chi connectivity index (χ2n) is 3.36. The van der Waals surface area contributed by atoms with Crippen LogP contribution in [0.4, 0.5) is 0 Å². The molecular formula is C13H14O4. The average molecular weight is 234 g/mol. The zero-order chi connectivity index (χ0) is 12.3. The Kier molecular flexibility index (Phi) is 3.23. The summed E-state index contributed by atoms with van der Waals surface area (Å²) in [6.45, 7) is 0. The molecule has 0 aliphatic carbocycles. The van der Waals surface area contributed by atoms with Gasteiger partial charge in [-0.1, -0.05) is 30.3 Å². The quantitative estimate of drug-likeness (QED) is 0.815. The lowest BCUT2D eigenvalue weighted by Crippen LogP contribution is -1.89. The van der Waals surface area contributed by atoms with Gasteiger partial charge in [-0.2, -0.15) is 0 Å². The highest BCUT2D eigenvalue weighted by Crippen LogP contribution is 2.47. The van der Waals surface area contributed by atoms with Crippen LogP contribution < -0.4 is 14.2 Å². The summed E-state index contributed by atoms with van der Waals surface area (Å²) < 4.78 is 21.2. The number of furan rings is 1. The first-order valence-electron chi connectivity index (χ1n) is 5.16. The minimum atomic E-state index is 0.309. The van der Waals surface area contributed by atoms with Gasteiger partial charge in [-0.3, -0.25) is 0 Å². The molecule has 4 nitrogen and oxygen atoms in total. The van der Waals surface area contributed by atoms with Crippen LogP contribution in [0.3, 0.4) is 0 Å². The van der Waals surface area contributed by atoms with E-state index < -0.39 is 0 Å². The Morgan fingerprint density at radius 2 is 1.47 bits per heavy atom. The fourth-order valence-corrected chi connectivity index (χ4v) is 1.66. The molecule has 2 aromatic rings. The topological polar surface area (TPSA) is 40.8 Å². The van der Waals surface area contributed by atoms with Crippen LogP contribution in [0.15, 0.2) is 34.7 Å². The molecule has 0 aliphatic rings. The maximum atomic E-state index is 5.59. The van der Waals surface area contributed by atoms with Crippen LogP contribution in [-0.2, 0) is 0 Å². The molecule has 90 valence electrons. The average Bonchev–Trinajstić information content (AvgIpc) is 2.77. The van der Waals surface area contributed by atoms with E-state index in [4.69, 9.17) is 18.6 Å². The highest BCUT2D eigenvalue weighted by atomic mass is 16.6. The van der Waals surface area contributed by atoms with E-state index in [1.807, 2.05) is 30.3 Å². The van der Waals surface area contributed by atoms with Gasteiger partial charge in [0.1, 0.15) is 0 Å². The first-order valence-corrected chi connectivity index (χ1v) is 5.16. The summed E-state index contributed by atoms with van der Waals surface area (Å²) in [5.74, 6) is 1.91. The number of rotatable bonds is 4. The van der Waals surface area contributed by atoms with Crippen molar-refractivity contribution in [2.45, 2.75) is 0 Å². The van der Waals surface area contributed by atoms with Crippen LogP contribution in [0.25, 0.3) is 11.3 Å². The van der Waals surface area contributed by atoms with E-state index in [9.17, 15) is 0 Å². The second-order valence-corrected chi connectivity index (χ2v) is 3.36. The molecule has 17 heavy (non-hydrogen) atoms. The van der Waals surface area contributed by atoms with Gasteiger partial charge in [-0.15, -0.1) is 0 Å². The molecule has 2 rings (SSSR count). The third kappa shape index (κ3) is 1.93. The zero-order valence-corrected chi connectivity index (χ0v) is 10.0. The molecule has 4 heteroatoms. The van der Waals surface area contributed by atoms with Crippen LogP contribution in [0.1, 0.15) is 0 Å². The number of ether oxygens (including phenoxy) is 3. The molecule has 0 amide bonds. The van der Waals surface area contributed by atoms with Crippen LogP contribution in [0, 0.1) is 0 Å². The Morgan fingerprint density at radius 1 is 0.824 bits per heavy atom. The monoisotopic (exact) mass is 234 g/mol. The smallest absolute Gasteiger partial charge is 0.333 e. The molecule has 0 aliphatic heterocycles. The normalized spacial score (nSPS) is 10.1. The van der Waals surface area contributed by atoms with E-state index in [-0.39, 0.29) is 0 Å². The van der Waals surface area contributed by atoms with Crippen molar-refractivity contribution in [3.63, 3.8) is 0 Å².